The predicted molar refractivity (Wildman–Crippen MR) is 63.5 cm³/mol. The van der Waals surface area contributed by atoms with E-state index in [0.717, 1.165) is 24.2 Å². The van der Waals surface area contributed by atoms with Crippen molar-refractivity contribution in [3.63, 3.8) is 0 Å². The number of rotatable bonds is 3. The van der Waals surface area contributed by atoms with Gasteiger partial charge < -0.3 is 15.2 Å². The van der Waals surface area contributed by atoms with Crippen LogP contribution in [0.15, 0.2) is 24.3 Å². The largest absolute Gasteiger partial charge is 0.496 e. The highest BCUT2D eigenvalue weighted by atomic mass is 16.5. The molecule has 88 valence electrons. The molecule has 3 heteroatoms. The number of methoxy groups -OCH3 is 1. The maximum Gasteiger partial charge on any atom is 0.123 e. The van der Waals surface area contributed by atoms with E-state index in [9.17, 15) is 0 Å². The van der Waals surface area contributed by atoms with Crippen molar-refractivity contribution in [3.05, 3.63) is 29.8 Å². The summed E-state index contributed by atoms with van der Waals surface area (Å²) in [6, 6.07) is 7.79. The Morgan fingerprint density at radius 3 is 2.75 bits per heavy atom. The molecule has 0 spiro atoms. The van der Waals surface area contributed by atoms with Gasteiger partial charge in [0, 0.05) is 5.56 Å². The zero-order chi connectivity index (χ0) is 11.5. The molecule has 1 aliphatic rings. The van der Waals surface area contributed by atoms with Crippen LogP contribution < -0.4 is 10.5 Å². The second-order valence-corrected chi connectivity index (χ2v) is 4.33. The van der Waals surface area contributed by atoms with Crippen molar-refractivity contribution in [2.45, 2.75) is 38.0 Å². The zero-order valence-electron chi connectivity index (χ0n) is 9.85. The molecule has 0 saturated carbocycles. The summed E-state index contributed by atoms with van der Waals surface area (Å²) in [6.45, 7) is 2.09. The number of para-hydroxylation sites is 1. The smallest absolute Gasteiger partial charge is 0.123 e. The Morgan fingerprint density at radius 1 is 1.38 bits per heavy atom. The number of nitrogens with two attached hydrogens (primary N) is 1. The fourth-order valence-electron chi connectivity index (χ4n) is 2.24. The first-order chi connectivity index (χ1) is 7.72. The third-order valence-electron chi connectivity index (χ3n) is 3.16. The molecule has 0 amide bonds. The van der Waals surface area contributed by atoms with Crippen molar-refractivity contribution < 1.29 is 9.47 Å². The fourth-order valence-corrected chi connectivity index (χ4v) is 2.24. The van der Waals surface area contributed by atoms with Crippen LogP contribution in [0.2, 0.25) is 0 Å². The molecule has 2 N–H and O–H groups in total. The minimum absolute atomic E-state index is 0.0962. The average Bonchev–Trinajstić information content (AvgIpc) is 2.75. The van der Waals surface area contributed by atoms with Crippen molar-refractivity contribution in [3.8, 4) is 5.75 Å². The number of hydrogen-bond donors (Lipinski definition) is 1. The van der Waals surface area contributed by atoms with Gasteiger partial charge in [-0.1, -0.05) is 18.2 Å². The van der Waals surface area contributed by atoms with Crippen LogP contribution >= 0.6 is 0 Å². The lowest BCUT2D eigenvalue weighted by atomic mass is 9.99. The second-order valence-electron chi connectivity index (χ2n) is 4.33. The number of ether oxygens (including phenoxy) is 2. The van der Waals surface area contributed by atoms with Crippen LogP contribution in [0, 0.1) is 0 Å². The van der Waals surface area contributed by atoms with Crippen molar-refractivity contribution in [1.82, 2.24) is 0 Å². The highest BCUT2D eigenvalue weighted by Gasteiger charge is 2.29. The van der Waals surface area contributed by atoms with Gasteiger partial charge in [0.15, 0.2) is 0 Å². The molecule has 1 aromatic carbocycles. The van der Waals surface area contributed by atoms with E-state index in [-0.39, 0.29) is 12.1 Å². The Hall–Kier alpha value is -1.06. The van der Waals surface area contributed by atoms with Gasteiger partial charge in [0.2, 0.25) is 0 Å². The second kappa shape index (κ2) is 4.85. The van der Waals surface area contributed by atoms with Gasteiger partial charge in [-0.05, 0) is 25.8 Å². The first-order valence-electron chi connectivity index (χ1n) is 5.76. The van der Waals surface area contributed by atoms with Crippen LogP contribution in [-0.2, 0) is 4.74 Å². The van der Waals surface area contributed by atoms with E-state index in [0.29, 0.717) is 6.10 Å². The maximum absolute atomic E-state index is 6.23. The lowest BCUT2D eigenvalue weighted by Crippen LogP contribution is -2.26. The Labute approximate surface area is 96.5 Å². The van der Waals surface area contributed by atoms with Gasteiger partial charge in [-0.15, -0.1) is 0 Å². The minimum atomic E-state index is -0.0962. The predicted octanol–water partition coefficient (Wildman–Crippen LogP) is 2.26. The van der Waals surface area contributed by atoms with Crippen molar-refractivity contribution in [1.29, 1.82) is 0 Å². The minimum Gasteiger partial charge on any atom is -0.496 e. The third-order valence-corrected chi connectivity index (χ3v) is 3.16. The van der Waals surface area contributed by atoms with Gasteiger partial charge >= 0.3 is 0 Å². The molecule has 1 aromatic rings. The topological polar surface area (TPSA) is 44.5 Å². The van der Waals surface area contributed by atoms with Gasteiger partial charge in [0.05, 0.1) is 25.4 Å². The lowest BCUT2D eigenvalue weighted by Gasteiger charge is -2.21. The Bertz CT molecular complexity index is 354. The van der Waals surface area contributed by atoms with Crippen LogP contribution in [-0.4, -0.2) is 19.3 Å². The Morgan fingerprint density at radius 2 is 2.12 bits per heavy atom. The van der Waals surface area contributed by atoms with Crippen molar-refractivity contribution in [2.75, 3.05) is 7.11 Å². The first-order valence-corrected chi connectivity index (χ1v) is 5.76. The summed E-state index contributed by atoms with van der Waals surface area (Å²) >= 11 is 0. The molecule has 1 saturated heterocycles. The SMILES string of the molecule is COc1ccccc1C(N)C1CCC(C)O1. The number of hydrogen-bond acceptors (Lipinski definition) is 3. The van der Waals surface area contributed by atoms with Gasteiger partial charge in [-0.2, -0.15) is 0 Å². The quantitative estimate of drug-likeness (QED) is 0.851. The molecule has 0 bridgehead atoms. The lowest BCUT2D eigenvalue weighted by molar-refractivity contribution is 0.0396. The molecule has 0 radical (unpaired) electrons. The molecule has 0 aromatic heterocycles. The third kappa shape index (κ3) is 2.20. The summed E-state index contributed by atoms with van der Waals surface area (Å²) in [5.41, 5.74) is 7.27. The summed E-state index contributed by atoms with van der Waals surface area (Å²) in [5.74, 6) is 0.846. The monoisotopic (exact) mass is 221 g/mol. The Kier molecular flexibility index (Phi) is 3.46. The molecule has 2 rings (SSSR count). The molecule has 1 aliphatic heterocycles. The van der Waals surface area contributed by atoms with Crippen LogP contribution in [0.3, 0.4) is 0 Å². The molecule has 16 heavy (non-hydrogen) atoms. The molecule has 3 nitrogen and oxygen atoms in total. The highest BCUT2D eigenvalue weighted by Crippen LogP contribution is 2.32. The summed E-state index contributed by atoms with van der Waals surface area (Å²) in [6.07, 6.45) is 2.56. The molecule has 0 aliphatic carbocycles. The molecule has 1 heterocycles. The van der Waals surface area contributed by atoms with E-state index < -0.39 is 0 Å². The molecule has 1 fully saturated rings. The van der Waals surface area contributed by atoms with Crippen molar-refractivity contribution in [2.24, 2.45) is 5.73 Å². The molecular weight excluding hydrogens is 202 g/mol. The van der Waals surface area contributed by atoms with Gasteiger partial charge in [-0.25, -0.2) is 0 Å². The van der Waals surface area contributed by atoms with E-state index in [1.165, 1.54) is 0 Å². The zero-order valence-corrected chi connectivity index (χ0v) is 9.85. The number of benzene rings is 1. The normalized spacial score (nSPS) is 26.7. The Balaban J connectivity index is 2.16. The van der Waals surface area contributed by atoms with Crippen LogP contribution in [0.4, 0.5) is 0 Å². The van der Waals surface area contributed by atoms with Gasteiger partial charge in [-0.3, -0.25) is 0 Å². The van der Waals surface area contributed by atoms with Crippen LogP contribution in [0.5, 0.6) is 5.75 Å². The van der Waals surface area contributed by atoms with E-state index in [4.69, 9.17) is 15.2 Å². The summed E-state index contributed by atoms with van der Waals surface area (Å²) in [4.78, 5) is 0. The molecule has 3 unspecified atom stereocenters. The first kappa shape index (κ1) is 11.4. The van der Waals surface area contributed by atoms with E-state index in [1.807, 2.05) is 24.3 Å². The van der Waals surface area contributed by atoms with Gasteiger partial charge in [0.1, 0.15) is 5.75 Å². The van der Waals surface area contributed by atoms with E-state index >= 15 is 0 Å². The summed E-state index contributed by atoms with van der Waals surface area (Å²) in [5, 5.41) is 0. The average molecular weight is 221 g/mol. The van der Waals surface area contributed by atoms with Crippen LogP contribution in [0.1, 0.15) is 31.4 Å². The van der Waals surface area contributed by atoms with Crippen LogP contribution in [0.25, 0.3) is 0 Å². The highest BCUT2D eigenvalue weighted by molar-refractivity contribution is 5.36. The molecule has 3 atom stereocenters. The van der Waals surface area contributed by atoms with Gasteiger partial charge in [0.25, 0.3) is 0 Å². The van der Waals surface area contributed by atoms with E-state index in [1.54, 1.807) is 7.11 Å². The molecular formula is C13H19NO2. The standard InChI is InChI=1S/C13H19NO2/c1-9-7-8-12(16-9)13(14)10-5-3-4-6-11(10)15-2/h3-6,9,12-13H,7-8,14H2,1-2H3. The van der Waals surface area contributed by atoms with E-state index in [2.05, 4.69) is 6.92 Å². The fraction of sp³-hybridized carbons (Fsp3) is 0.538. The maximum atomic E-state index is 6.23. The van der Waals surface area contributed by atoms with Crippen molar-refractivity contribution >= 4 is 0 Å². The summed E-state index contributed by atoms with van der Waals surface area (Å²) in [7, 11) is 1.67. The summed E-state index contributed by atoms with van der Waals surface area (Å²) < 4.78 is 11.1.